The van der Waals surface area contributed by atoms with Gasteiger partial charge in [-0.25, -0.2) is 0 Å². The number of aryl methyl sites for hydroxylation is 1. The van der Waals surface area contributed by atoms with E-state index in [1.807, 2.05) is 27.7 Å². The van der Waals surface area contributed by atoms with Gasteiger partial charge in [0.15, 0.2) is 5.16 Å². The summed E-state index contributed by atoms with van der Waals surface area (Å²) in [4.78, 5) is 27.3. The summed E-state index contributed by atoms with van der Waals surface area (Å²) in [5.74, 6) is 1.40. The molecule has 0 saturated carbocycles. The average Bonchev–Trinajstić information content (AvgIpc) is 3.53. The number of amides is 2. The standard InChI is InChI=1S/C20H23N5O3S2/c21-17(26)7-8-18-22-23-20(25(18)12-14-4-2-10-28-14)30-13-19(27)24-9-1-5-15(24)16-6-3-11-29-16/h2-4,6,10-11,15H,1,5,7-9,12-13H2,(H2,21,26). The number of hydrogen-bond donors (Lipinski definition) is 1. The van der Waals surface area contributed by atoms with Crippen LogP contribution in [0.4, 0.5) is 0 Å². The molecule has 4 heterocycles. The lowest BCUT2D eigenvalue weighted by atomic mass is 10.2. The Balaban J connectivity index is 1.45. The van der Waals surface area contributed by atoms with Gasteiger partial charge in [-0.15, -0.1) is 21.5 Å². The van der Waals surface area contributed by atoms with Gasteiger partial charge in [-0.2, -0.15) is 0 Å². The molecule has 158 valence electrons. The van der Waals surface area contributed by atoms with Crippen molar-refractivity contribution in [2.45, 2.75) is 43.4 Å². The van der Waals surface area contributed by atoms with Crippen LogP contribution < -0.4 is 5.73 Å². The maximum Gasteiger partial charge on any atom is 0.233 e. The molecule has 1 saturated heterocycles. The van der Waals surface area contributed by atoms with Crippen LogP contribution in [0.5, 0.6) is 0 Å². The first-order valence-corrected chi connectivity index (χ1v) is 11.7. The van der Waals surface area contributed by atoms with Gasteiger partial charge in [0.25, 0.3) is 0 Å². The van der Waals surface area contributed by atoms with Gasteiger partial charge in [0, 0.05) is 24.3 Å². The van der Waals surface area contributed by atoms with Gasteiger partial charge >= 0.3 is 0 Å². The molecule has 2 amide bonds. The Morgan fingerprint density at radius 2 is 2.20 bits per heavy atom. The smallest absolute Gasteiger partial charge is 0.233 e. The number of likely N-dealkylation sites (tertiary alicyclic amines) is 1. The molecule has 3 aromatic rings. The van der Waals surface area contributed by atoms with Crippen LogP contribution in [0.25, 0.3) is 0 Å². The summed E-state index contributed by atoms with van der Waals surface area (Å²) in [5, 5.41) is 11.2. The highest BCUT2D eigenvalue weighted by Crippen LogP contribution is 2.35. The second-order valence-corrected chi connectivity index (χ2v) is 9.00. The van der Waals surface area contributed by atoms with Gasteiger partial charge in [-0.05, 0) is 36.4 Å². The molecule has 2 N–H and O–H groups in total. The lowest BCUT2D eigenvalue weighted by molar-refractivity contribution is -0.129. The van der Waals surface area contributed by atoms with E-state index in [1.54, 1.807) is 17.6 Å². The van der Waals surface area contributed by atoms with Crippen molar-refractivity contribution in [3.63, 3.8) is 0 Å². The molecule has 0 spiro atoms. The van der Waals surface area contributed by atoms with Crippen LogP contribution >= 0.6 is 23.1 Å². The van der Waals surface area contributed by atoms with E-state index < -0.39 is 0 Å². The number of rotatable bonds is 9. The maximum atomic E-state index is 12.9. The predicted octanol–water partition coefficient (Wildman–Crippen LogP) is 2.85. The van der Waals surface area contributed by atoms with Gasteiger partial charge < -0.3 is 15.1 Å². The Bertz CT molecular complexity index is 984. The quantitative estimate of drug-likeness (QED) is 0.508. The van der Waals surface area contributed by atoms with Crippen molar-refractivity contribution in [2.75, 3.05) is 12.3 Å². The van der Waals surface area contributed by atoms with Crippen molar-refractivity contribution in [3.8, 4) is 0 Å². The zero-order valence-electron chi connectivity index (χ0n) is 16.4. The molecule has 1 fully saturated rings. The Morgan fingerprint density at radius 1 is 1.30 bits per heavy atom. The van der Waals surface area contributed by atoms with E-state index in [2.05, 4.69) is 21.6 Å². The number of furan rings is 1. The normalized spacial score (nSPS) is 16.3. The van der Waals surface area contributed by atoms with Crippen molar-refractivity contribution in [2.24, 2.45) is 5.73 Å². The van der Waals surface area contributed by atoms with Gasteiger partial charge in [0.1, 0.15) is 11.6 Å². The minimum absolute atomic E-state index is 0.0992. The molecule has 4 rings (SSSR count). The molecule has 0 aromatic carbocycles. The number of aromatic nitrogens is 3. The van der Waals surface area contributed by atoms with Crippen molar-refractivity contribution in [3.05, 3.63) is 52.4 Å². The first kappa shape index (κ1) is 20.7. The molecular weight excluding hydrogens is 422 g/mol. The van der Waals surface area contributed by atoms with Crippen LogP contribution in [0.3, 0.4) is 0 Å². The molecule has 30 heavy (non-hydrogen) atoms. The van der Waals surface area contributed by atoms with Crippen LogP contribution in [0, 0.1) is 0 Å². The van der Waals surface area contributed by atoms with Crippen LogP contribution in [0.1, 0.15) is 41.8 Å². The summed E-state index contributed by atoms with van der Waals surface area (Å²) >= 11 is 3.06. The Morgan fingerprint density at radius 3 is 2.93 bits per heavy atom. The van der Waals surface area contributed by atoms with Crippen LogP contribution in [-0.2, 0) is 22.6 Å². The number of thiophene rings is 1. The van der Waals surface area contributed by atoms with Gasteiger partial charge in [0.05, 0.1) is 24.6 Å². The van der Waals surface area contributed by atoms with Crippen molar-refractivity contribution in [1.82, 2.24) is 19.7 Å². The molecular formula is C20H23N5O3S2. The van der Waals surface area contributed by atoms with Gasteiger partial charge in [-0.1, -0.05) is 17.8 Å². The molecule has 8 nitrogen and oxygen atoms in total. The Labute approximate surface area is 182 Å². The number of carbonyl (C=O) groups is 2. The number of nitrogens with zero attached hydrogens (tertiary/aromatic N) is 4. The third-order valence-electron chi connectivity index (χ3n) is 5.05. The Hall–Kier alpha value is -2.59. The van der Waals surface area contributed by atoms with Crippen molar-refractivity contribution >= 4 is 34.9 Å². The molecule has 1 unspecified atom stereocenters. The van der Waals surface area contributed by atoms with Crippen LogP contribution in [0.2, 0.25) is 0 Å². The number of hydrogen-bond acceptors (Lipinski definition) is 7. The molecule has 1 aliphatic heterocycles. The summed E-state index contributed by atoms with van der Waals surface area (Å²) in [5.41, 5.74) is 5.29. The molecule has 1 atom stereocenters. The van der Waals surface area contributed by atoms with E-state index in [4.69, 9.17) is 10.2 Å². The first-order valence-electron chi connectivity index (χ1n) is 9.80. The summed E-state index contributed by atoms with van der Waals surface area (Å²) in [6.45, 7) is 1.22. The minimum Gasteiger partial charge on any atom is -0.467 e. The summed E-state index contributed by atoms with van der Waals surface area (Å²) in [6, 6.07) is 7.98. The highest BCUT2D eigenvalue weighted by atomic mass is 32.2. The molecule has 0 radical (unpaired) electrons. The number of primary amides is 1. The monoisotopic (exact) mass is 445 g/mol. The fraction of sp³-hybridized carbons (Fsp3) is 0.400. The van der Waals surface area contributed by atoms with E-state index in [0.29, 0.717) is 23.9 Å². The molecule has 10 heteroatoms. The second kappa shape index (κ2) is 9.48. The molecule has 0 aliphatic carbocycles. The predicted molar refractivity (Wildman–Crippen MR) is 114 cm³/mol. The van der Waals surface area contributed by atoms with Crippen LogP contribution in [-0.4, -0.2) is 43.8 Å². The summed E-state index contributed by atoms with van der Waals surface area (Å²) in [7, 11) is 0. The van der Waals surface area contributed by atoms with E-state index >= 15 is 0 Å². The van der Waals surface area contributed by atoms with E-state index in [1.165, 1.54) is 16.6 Å². The zero-order valence-corrected chi connectivity index (χ0v) is 18.0. The number of thioether (sulfide) groups is 1. The van der Waals surface area contributed by atoms with Gasteiger partial charge in [0.2, 0.25) is 11.8 Å². The largest absolute Gasteiger partial charge is 0.467 e. The van der Waals surface area contributed by atoms with Crippen molar-refractivity contribution in [1.29, 1.82) is 0 Å². The Kier molecular flexibility index (Phi) is 6.53. The molecule has 3 aromatic heterocycles. The van der Waals surface area contributed by atoms with Crippen LogP contribution in [0.15, 0.2) is 45.5 Å². The maximum absolute atomic E-state index is 12.9. The third kappa shape index (κ3) is 4.76. The fourth-order valence-electron chi connectivity index (χ4n) is 3.61. The topological polar surface area (TPSA) is 107 Å². The van der Waals surface area contributed by atoms with E-state index in [0.717, 1.165) is 25.1 Å². The van der Waals surface area contributed by atoms with E-state index in [-0.39, 0.29) is 30.0 Å². The van der Waals surface area contributed by atoms with Gasteiger partial charge in [-0.3, -0.25) is 14.2 Å². The highest BCUT2D eigenvalue weighted by Gasteiger charge is 2.30. The first-order chi connectivity index (χ1) is 14.6. The molecule has 0 bridgehead atoms. The second-order valence-electron chi connectivity index (χ2n) is 7.08. The number of nitrogens with two attached hydrogens (primary N) is 1. The highest BCUT2D eigenvalue weighted by molar-refractivity contribution is 7.99. The lowest BCUT2D eigenvalue weighted by Gasteiger charge is -2.23. The zero-order chi connectivity index (χ0) is 20.9. The minimum atomic E-state index is -0.388. The average molecular weight is 446 g/mol. The third-order valence-corrected chi connectivity index (χ3v) is 6.98. The fourth-order valence-corrected chi connectivity index (χ4v) is 5.33. The van der Waals surface area contributed by atoms with Crippen molar-refractivity contribution < 1.29 is 14.0 Å². The SMILES string of the molecule is NC(=O)CCc1nnc(SCC(=O)N2CCCC2c2cccs2)n1Cc1ccco1. The lowest BCUT2D eigenvalue weighted by Crippen LogP contribution is -2.31. The number of carbonyl (C=O) groups excluding carboxylic acids is 2. The summed E-state index contributed by atoms with van der Waals surface area (Å²) < 4.78 is 7.34. The summed E-state index contributed by atoms with van der Waals surface area (Å²) in [6.07, 6.45) is 4.21. The van der Waals surface area contributed by atoms with E-state index in [9.17, 15) is 9.59 Å². The molecule has 1 aliphatic rings.